The molecule has 0 radical (unpaired) electrons. The van der Waals surface area contributed by atoms with Gasteiger partial charge in [0.15, 0.2) is 0 Å². The van der Waals surface area contributed by atoms with Crippen LogP contribution in [0.2, 0.25) is 0 Å². The Hall–Kier alpha value is -1.31. The van der Waals surface area contributed by atoms with Crippen LogP contribution in [-0.2, 0) is 14.8 Å². The van der Waals surface area contributed by atoms with E-state index < -0.39 is 10.0 Å². The standard InChI is InChI=1S/C12H17NO5S/c1-16-10-7-11(17-2)9-12(8-10)19(14,15)13-3-5-18-6-4-13/h7-9H,3-6H2,1-2H3. The van der Waals surface area contributed by atoms with E-state index in [1.807, 2.05) is 0 Å². The maximum Gasteiger partial charge on any atom is 0.243 e. The van der Waals surface area contributed by atoms with Crippen LogP contribution in [0.15, 0.2) is 23.1 Å². The first-order valence-corrected chi connectivity index (χ1v) is 7.33. The minimum Gasteiger partial charge on any atom is -0.497 e. The monoisotopic (exact) mass is 287 g/mol. The molecule has 1 aliphatic rings. The van der Waals surface area contributed by atoms with Crippen LogP contribution in [-0.4, -0.2) is 53.2 Å². The summed E-state index contributed by atoms with van der Waals surface area (Å²) >= 11 is 0. The minimum absolute atomic E-state index is 0.172. The number of methoxy groups -OCH3 is 2. The molecular formula is C12H17NO5S. The summed E-state index contributed by atoms with van der Waals surface area (Å²) < 4.78 is 41.7. The number of hydrogen-bond acceptors (Lipinski definition) is 5. The van der Waals surface area contributed by atoms with Gasteiger partial charge in [0.1, 0.15) is 11.5 Å². The molecule has 0 bridgehead atoms. The molecule has 1 aromatic carbocycles. The van der Waals surface area contributed by atoms with E-state index >= 15 is 0 Å². The summed E-state index contributed by atoms with van der Waals surface area (Å²) in [4.78, 5) is 0.172. The Morgan fingerprint density at radius 2 is 1.58 bits per heavy atom. The van der Waals surface area contributed by atoms with Gasteiger partial charge in [-0.1, -0.05) is 0 Å². The van der Waals surface area contributed by atoms with Crippen LogP contribution in [0.3, 0.4) is 0 Å². The molecule has 7 heteroatoms. The highest BCUT2D eigenvalue weighted by Gasteiger charge is 2.27. The van der Waals surface area contributed by atoms with E-state index in [2.05, 4.69) is 0 Å². The lowest BCUT2D eigenvalue weighted by Gasteiger charge is -2.26. The number of morpholine rings is 1. The van der Waals surface area contributed by atoms with Gasteiger partial charge in [0.05, 0.1) is 32.3 Å². The second-order valence-electron chi connectivity index (χ2n) is 4.06. The third-order valence-corrected chi connectivity index (χ3v) is 4.81. The number of benzene rings is 1. The first-order chi connectivity index (χ1) is 9.07. The Morgan fingerprint density at radius 3 is 2.05 bits per heavy atom. The molecule has 0 spiro atoms. The van der Waals surface area contributed by atoms with Crippen molar-refractivity contribution in [1.82, 2.24) is 4.31 Å². The lowest BCUT2D eigenvalue weighted by molar-refractivity contribution is 0.0730. The zero-order chi connectivity index (χ0) is 13.9. The highest BCUT2D eigenvalue weighted by molar-refractivity contribution is 7.89. The number of rotatable bonds is 4. The van der Waals surface area contributed by atoms with Crippen molar-refractivity contribution >= 4 is 10.0 Å². The third-order valence-electron chi connectivity index (χ3n) is 2.93. The molecule has 106 valence electrons. The van der Waals surface area contributed by atoms with Crippen LogP contribution in [0.4, 0.5) is 0 Å². The summed E-state index contributed by atoms with van der Waals surface area (Å²) in [6.45, 7) is 1.56. The summed E-state index contributed by atoms with van der Waals surface area (Å²) in [5.74, 6) is 0.900. The normalized spacial score (nSPS) is 17.2. The van der Waals surface area contributed by atoms with E-state index in [0.29, 0.717) is 37.8 Å². The van der Waals surface area contributed by atoms with Crippen LogP contribution >= 0.6 is 0 Å². The topological polar surface area (TPSA) is 65.1 Å². The van der Waals surface area contributed by atoms with Crippen molar-refractivity contribution in [2.75, 3.05) is 40.5 Å². The molecule has 1 fully saturated rings. The zero-order valence-corrected chi connectivity index (χ0v) is 11.8. The highest BCUT2D eigenvalue weighted by Crippen LogP contribution is 2.27. The molecule has 19 heavy (non-hydrogen) atoms. The van der Waals surface area contributed by atoms with E-state index in [9.17, 15) is 8.42 Å². The van der Waals surface area contributed by atoms with Crippen molar-refractivity contribution in [1.29, 1.82) is 0 Å². The molecule has 2 rings (SSSR count). The first kappa shape index (κ1) is 14.1. The third kappa shape index (κ3) is 2.99. The second kappa shape index (κ2) is 5.77. The molecule has 0 atom stereocenters. The number of nitrogens with zero attached hydrogens (tertiary/aromatic N) is 1. The van der Waals surface area contributed by atoms with Gasteiger partial charge in [-0.2, -0.15) is 4.31 Å². The van der Waals surface area contributed by atoms with Gasteiger partial charge >= 0.3 is 0 Å². The number of sulfonamides is 1. The molecule has 1 aromatic rings. The van der Waals surface area contributed by atoms with Gasteiger partial charge in [-0.25, -0.2) is 8.42 Å². The fourth-order valence-electron chi connectivity index (χ4n) is 1.87. The smallest absolute Gasteiger partial charge is 0.243 e. The summed E-state index contributed by atoms with van der Waals surface area (Å²) in [6.07, 6.45) is 0. The Kier molecular flexibility index (Phi) is 4.28. The van der Waals surface area contributed by atoms with Gasteiger partial charge < -0.3 is 14.2 Å². The van der Waals surface area contributed by atoms with Crippen molar-refractivity contribution in [2.24, 2.45) is 0 Å². The molecule has 1 heterocycles. The van der Waals surface area contributed by atoms with Crippen LogP contribution < -0.4 is 9.47 Å². The fourth-order valence-corrected chi connectivity index (χ4v) is 3.32. The van der Waals surface area contributed by atoms with Crippen LogP contribution in [0.25, 0.3) is 0 Å². The predicted octanol–water partition coefficient (Wildman–Crippen LogP) is 0.725. The molecular weight excluding hydrogens is 270 g/mol. The van der Waals surface area contributed by atoms with Gasteiger partial charge in [-0.3, -0.25) is 0 Å². The van der Waals surface area contributed by atoms with Gasteiger partial charge in [-0.05, 0) is 0 Å². The van der Waals surface area contributed by atoms with Crippen molar-refractivity contribution < 1.29 is 22.6 Å². The van der Waals surface area contributed by atoms with E-state index in [4.69, 9.17) is 14.2 Å². The first-order valence-electron chi connectivity index (χ1n) is 5.89. The summed E-state index contributed by atoms with van der Waals surface area (Å²) in [6, 6.07) is 4.62. The average Bonchev–Trinajstić information content (AvgIpc) is 2.47. The number of ether oxygens (including phenoxy) is 3. The van der Waals surface area contributed by atoms with Crippen LogP contribution in [0.1, 0.15) is 0 Å². The summed E-state index contributed by atoms with van der Waals surface area (Å²) in [7, 11) is -0.562. The maximum absolute atomic E-state index is 12.5. The van der Waals surface area contributed by atoms with E-state index in [0.717, 1.165) is 0 Å². The Balaban J connectivity index is 2.38. The Bertz CT molecular complexity index is 515. The Labute approximate surface area is 112 Å². The minimum atomic E-state index is -3.53. The molecule has 0 amide bonds. The molecule has 0 aliphatic carbocycles. The van der Waals surface area contributed by atoms with Gasteiger partial charge in [0, 0.05) is 31.3 Å². The van der Waals surface area contributed by atoms with Gasteiger partial charge in [0.25, 0.3) is 0 Å². The SMILES string of the molecule is COc1cc(OC)cc(S(=O)(=O)N2CCOCC2)c1. The average molecular weight is 287 g/mol. The molecule has 6 nitrogen and oxygen atoms in total. The highest BCUT2D eigenvalue weighted by atomic mass is 32.2. The number of hydrogen-bond donors (Lipinski definition) is 0. The van der Waals surface area contributed by atoms with Crippen molar-refractivity contribution in [3.05, 3.63) is 18.2 Å². The predicted molar refractivity (Wildman–Crippen MR) is 69.1 cm³/mol. The fraction of sp³-hybridized carbons (Fsp3) is 0.500. The lowest BCUT2D eigenvalue weighted by Crippen LogP contribution is -2.40. The summed E-state index contributed by atoms with van der Waals surface area (Å²) in [5.41, 5.74) is 0. The molecule has 0 unspecified atom stereocenters. The van der Waals surface area contributed by atoms with E-state index in [1.54, 1.807) is 6.07 Å². The van der Waals surface area contributed by atoms with Gasteiger partial charge in [-0.15, -0.1) is 0 Å². The van der Waals surface area contributed by atoms with Crippen molar-refractivity contribution in [3.63, 3.8) is 0 Å². The van der Waals surface area contributed by atoms with Gasteiger partial charge in [0.2, 0.25) is 10.0 Å². The molecule has 1 saturated heterocycles. The molecule has 1 aliphatic heterocycles. The zero-order valence-electron chi connectivity index (χ0n) is 11.0. The summed E-state index contributed by atoms with van der Waals surface area (Å²) in [5, 5.41) is 0. The molecule has 0 aromatic heterocycles. The second-order valence-corrected chi connectivity index (χ2v) is 6.00. The van der Waals surface area contributed by atoms with E-state index in [1.165, 1.54) is 30.7 Å². The van der Waals surface area contributed by atoms with Crippen LogP contribution in [0.5, 0.6) is 11.5 Å². The van der Waals surface area contributed by atoms with E-state index in [-0.39, 0.29) is 4.90 Å². The molecule has 0 saturated carbocycles. The van der Waals surface area contributed by atoms with Crippen molar-refractivity contribution in [2.45, 2.75) is 4.90 Å². The maximum atomic E-state index is 12.5. The molecule has 0 N–H and O–H groups in total. The van der Waals surface area contributed by atoms with Crippen molar-refractivity contribution in [3.8, 4) is 11.5 Å². The lowest BCUT2D eigenvalue weighted by atomic mass is 10.3. The largest absolute Gasteiger partial charge is 0.497 e. The Morgan fingerprint density at radius 1 is 1.05 bits per heavy atom. The van der Waals surface area contributed by atoms with Crippen LogP contribution in [0, 0.1) is 0 Å². The quantitative estimate of drug-likeness (QED) is 0.816.